The van der Waals surface area contributed by atoms with E-state index in [1.54, 1.807) is 0 Å². The molecule has 0 aliphatic heterocycles. The van der Waals surface area contributed by atoms with Crippen molar-refractivity contribution in [2.24, 2.45) is 0 Å². The molecule has 250 valence electrons. The number of hydrogen-bond donors (Lipinski definition) is 0. The lowest BCUT2D eigenvalue weighted by Gasteiger charge is -2.19. The molecule has 0 N–H and O–H groups in total. The maximum Gasteiger partial charge on any atom is 0.0361 e. The van der Waals surface area contributed by atoms with Gasteiger partial charge in [0.15, 0.2) is 0 Å². The first kappa shape index (κ1) is 30.2. The van der Waals surface area contributed by atoms with E-state index >= 15 is 0 Å². The minimum Gasteiger partial charge on any atom is -0.135 e. The monoisotopic (exact) mass is 718 g/mol. The fourth-order valence-corrected chi connectivity index (χ4v) is 11.3. The van der Waals surface area contributed by atoms with E-state index in [4.69, 9.17) is 0 Å². The molecule has 0 aliphatic rings. The molecule has 12 rings (SSSR count). The van der Waals surface area contributed by atoms with E-state index in [9.17, 15) is 0 Å². The minimum atomic E-state index is 1.24. The van der Waals surface area contributed by atoms with Crippen molar-refractivity contribution < 1.29 is 0 Å². The Labute approximate surface area is 319 Å². The third-order valence-electron chi connectivity index (χ3n) is 11.4. The molecule has 54 heavy (non-hydrogen) atoms. The van der Waals surface area contributed by atoms with Crippen LogP contribution in [0.1, 0.15) is 0 Å². The van der Waals surface area contributed by atoms with Gasteiger partial charge in [0.2, 0.25) is 0 Å². The summed E-state index contributed by atoms with van der Waals surface area (Å²) in [4.78, 5) is 0. The molecule has 0 saturated heterocycles. The van der Waals surface area contributed by atoms with Gasteiger partial charge in [0.05, 0.1) is 0 Å². The second kappa shape index (κ2) is 11.6. The molecule has 0 radical (unpaired) electrons. The first-order valence-corrected chi connectivity index (χ1v) is 20.1. The van der Waals surface area contributed by atoms with Crippen LogP contribution in [0.3, 0.4) is 0 Å². The van der Waals surface area contributed by atoms with Gasteiger partial charge in [-0.15, -0.1) is 22.7 Å². The van der Waals surface area contributed by atoms with Crippen molar-refractivity contribution in [3.05, 3.63) is 182 Å². The average molecular weight is 719 g/mol. The quantitative estimate of drug-likeness (QED) is 0.160. The van der Waals surface area contributed by atoms with E-state index in [-0.39, 0.29) is 0 Å². The first-order valence-electron chi connectivity index (χ1n) is 18.5. The highest BCUT2D eigenvalue weighted by Crippen LogP contribution is 2.48. The number of thiophene rings is 2. The van der Waals surface area contributed by atoms with Crippen LogP contribution in [0.15, 0.2) is 182 Å². The van der Waals surface area contributed by atoms with E-state index in [0.717, 1.165) is 0 Å². The van der Waals surface area contributed by atoms with Crippen LogP contribution >= 0.6 is 22.7 Å². The molecule has 0 fully saturated rings. The highest BCUT2D eigenvalue weighted by atomic mass is 32.1. The van der Waals surface area contributed by atoms with E-state index in [1.165, 1.54) is 117 Å². The summed E-state index contributed by atoms with van der Waals surface area (Å²) < 4.78 is 5.37. The van der Waals surface area contributed by atoms with E-state index in [2.05, 4.69) is 182 Å². The molecule has 0 unspecified atom stereocenters. The van der Waals surface area contributed by atoms with Crippen LogP contribution in [0.25, 0.3) is 117 Å². The largest absolute Gasteiger partial charge is 0.135 e. The molecular formula is C52H30S2. The Balaban J connectivity index is 1.10. The SMILES string of the molecule is c1ccc(-c2ccc(-c3c4ccccc4c(-c4ccc5sc6cc7cc8sc9ccccc9c8cc7cc6c5c4)c4ccccc34)c3ccccc23)cc1. The zero-order valence-electron chi connectivity index (χ0n) is 29.1. The lowest BCUT2D eigenvalue weighted by atomic mass is 9.83. The molecule has 0 saturated carbocycles. The van der Waals surface area contributed by atoms with Crippen LogP contribution in [0, 0.1) is 0 Å². The molecule has 0 nitrogen and oxygen atoms in total. The fraction of sp³-hybridized carbons (Fsp3) is 0. The average Bonchev–Trinajstić information content (AvgIpc) is 3.77. The van der Waals surface area contributed by atoms with Crippen molar-refractivity contribution in [1.82, 2.24) is 0 Å². The van der Waals surface area contributed by atoms with Crippen LogP contribution < -0.4 is 0 Å². The van der Waals surface area contributed by atoms with Crippen molar-refractivity contribution in [1.29, 1.82) is 0 Å². The standard InChI is InChI=1S/C52H30S2/c1-2-12-31(13-3-1)35-23-24-43(37-15-5-4-14-36(35)37)52-41-19-8-6-17-39(41)51(40-18-7-9-20-42(40)52)32-22-25-48-45(26-32)46-28-33-27-44-38-16-10-11-21-47(38)53-49(44)29-34(33)30-50(46)54-48/h1-30H. The van der Waals surface area contributed by atoms with Crippen molar-refractivity contribution in [3.8, 4) is 33.4 Å². The number of benzene rings is 10. The first-order chi connectivity index (χ1) is 26.8. The third kappa shape index (κ3) is 4.42. The molecule has 2 aromatic heterocycles. The summed E-state index contributed by atoms with van der Waals surface area (Å²) in [6.07, 6.45) is 0. The predicted octanol–water partition coefficient (Wildman–Crippen LogP) is 16.0. The number of hydrogen-bond acceptors (Lipinski definition) is 2. The molecule has 0 bridgehead atoms. The Morgan fingerprint density at radius 1 is 0.241 bits per heavy atom. The van der Waals surface area contributed by atoms with Gasteiger partial charge < -0.3 is 0 Å². The van der Waals surface area contributed by atoms with Crippen molar-refractivity contribution >= 4 is 106 Å². The molecular weight excluding hydrogens is 689 g/mol. The van der Waals surface area contributed by atoms with Gasteiger partial charge in [-0.25, -0.2) is 0 Å². The summed E-state index contributed by atoms with van der Waals surface area (Å²) >= 11 is 3.79. The Bertz CT molecular complexity index is 3430. The van der Waals surface area contributed by atoms with Crippen molar-refractivity contribution in [2.75, 3.05) is 0 Å². The summed E-state index contributed by atoms with van der Waals surface area (Å²) in [5, 5.41) is 15.6. The van der Waals surface area contributed by atoms with Gasteiger partial charge in [0.25, 0.3) is 0 Å². The van der Waals surface area contributed by atoms with Gasteiger partial charge in [-0.3, -0.25) is 0 Å². The Morgan fingerprint density at radius 2 is 0.704 bits per heavy atom. The smallest absolute Gasteiger partial charge is 0.0361 e. The summed E-state index contributed by atoms with van der Waals surface area (Å²) in [5.74, 6) is 0. The zero-order chi connectivity index (χ0) is 35.3. The lowest BCUT2D eigenvalue weighted by Crippen LogP contribution is -1.92. The van der Waals surface area contributed by atoms with Gasteiger partial charge in [-0.2, -0.15) is 0 Å². The van der Waals surface area contributed by atoms with Gasteiger partial charge in [0, 0.05) is 40.3 Å². The van der Waals surface area contributed by atoms with Gasteiger partial charge in [0.1, 0.15) is 0 Å². The zero-order valence-corrected chi connectivity index (χ0v) is 30.8. The van der Waals surface area contributed by atoms with Gasteiger partial charge in [-0.1, -0.05) is 140 Å². The molecule has 2 heteroatoms. The minimum absolute atomic E-state index is 1.24. The van der Waals surface area contributed by atoms with Crippen LogP contribution in [0.2, 0.25) is 0 Å². The van der Waals surface area contributed by atoms with Crippen LogP contribution in [0.4, 0.5) is 0 Å². The Morgan fingerprint density at radius 3 is 1.37 bits per heavy atom. The molecule has 2 heterocycles. The highest BCUT2D eigenvalue weighted by molar-refractivity contribution is 7.26. The molecule has 0 amide bonds. The summed E-state index contributed by atoms with van der Waals surface area (Å²) in [7, 11) is 0. The number of fused-ring (bicyclic) bond motifs is 10. The van der Waals surface area contributed by atoms with E-state index in [0.29, 0.717) is 0 Å². The topological polar surface area (TPSA) is 0 Å². The maximum atomic E-state index is 2.45. The van der Waals surface area contributed by atoms with Gasteiger partial charge in [-0.05, 0) is 119 Å². The normalized spacial score (nSPS) is 12.1. The lowest BCUT2D eigenvalue weighted by molar-refractivity contribution is 1.64. The molecule has 10 aromatic carbocycles. The van der Waals surface area contributed by atoms with Gasteiger partial charge >= 0.3 is 0 Å². The number of rotatable bonds is 3. The molecule has 0 aliphatic carbocycles. The molecule has 0 atom stereocenters. The summed E-state index contributed by atoms with van der Waals surface area (Å²) in [5.41, 5.74) is 7.61. The third-order valence-corrected chi connectivity index (χ3v) is 13.7. The molecule has 0 spiro atoms. The van der Waals surface area contributed by atoms with Crippen molar-refractivity contribution in [2.45, 2.75) is 0 Å². The van der Waals surface area contributed by atoms with E-state index < -0.39 is 0 Å². The van der Waals surface area contributed by atoms with Crippen molar-refractivity contribution in [3.63, 3.8) is 0 Å². The summed E-state index contributed by atoms with van der Waals surface area (Å²) in [6.45, 7) is 0. The predicted molar refractivity (Wildman–Crippen MR) is 239 cm³/mol. The summed E-state index contributed by atoms with van der Waals surface area (Å²) in [6, 6.07) is 68.0. The second-order valence-electron chi connectivity index (χ2n) is 14.4. The maximum absolute atomic E-state index is 2.45. The van der Waals surface area contributed by atoms with E-state index in [1.807, 2.05) is 22.7 Å². The van der Waals surface area contributed by atoms with Crippen LogP contribution in [-0.2, 0) is 0 Å². The Hall–Kier alpha value is -6.32. The van der Waals surface area contributed by atoms with Crippen LogP contribution in [-0.4, -0.2) is 0 Å². The second-order valence-corrected chi connectivity index (χ2v) is 16.5. The van der Waals surface area contributed by atoms with Crippen LogP contribution in [0.5, 0.6) is 0 Å². The highest BCUT2D eigenvalue weighted by Gasteiger charge is 2.20. The fourth-order valence-electron chi connectivity index (χ4n) is 9.01. The molecule has 12 aromatic rings. The Kier molecular flexibility index (Phi) is 6.48.